The molecule has 1 amide bonds. The molecule has 0 saturated carbocycles. The minimum atomic E-state index is -0.390. The minimum absolute atomic E-state index is 0.0754. The number of carbonyl (C=O) groups excluding carboxylic acids is 1. The van der Waals surface area contributed by atoms with E-state index < -0.39 is 0 Å². The second kappa shape index (κ2) is 10.1. The second-order valence-corrected chi connectivity index (χ2v) is 7.83. The molecule has 0 spiro atoms. The van der Waals surface area contributed by atoms with Crippen LogP contribution in [0.25, 0.3) is 11.1 Å². The first-order valence-electron chi connectivity index (χ1n) is 10.4. The van der Waals surface area contributed by atoms with Crippen molar-refractivity contribution in [1.82, 2.24) is 5.32 Å². The van der Waals surface area contributed by atoms with Gasteiger partial charge in [0, 0.05) is 12.0 Å². The normalized spacial score (nSPS) is 14.5. The molecule has 172 valence electrons. The standard InChI is InChI=1S/C24H28ClNO6/c1-6-7-19(28)26-16-10-8-14-20(13-9-11-18(29-2)17(27)12-15(13)16)22(30-3)24(32-5)23(31-4)21(14)25/h9,11-12,16H,6-8,10H2,1-5H3,(H,26,28)/t16-/m0/s1. The van der Waals surface area contributed by atoms with Crippen LogP contribution in [0.5, 0.6) is 23.0 Å². The van der Waals surface area contributed by atoms with Gasteiger partial charge in [0.05, 0.1) is 39.5 Å². The van der Waals surface area contributed by atoms with Gasteiger partial charge in [-0.2, -0.15) is 0 Å². The van der Waals surface area contributed by atoms with Gasteiger partial charge in [-0.05, 0) is 48.1 Å². The number of methoxy groups -OCH3 is 4. The zero-order valence-electron chi connectivity index (χ0n) is 19.0. The first kappa shape index (κ1) is 23.7. The molecular formula is C24H28ClNO6. The fourth-order valence-electron chi connectivity index (χ4n) is 4.18. The van der Waals surface area contributed by atoms with Gasteiger partial charge in [0.15, 0.2) is 17.2 Å². The third-order valence-electron chi connectivity index (χ3n) is 5.62. The van der Waals surface area contributed by atoms with E-state index in [1.165, 1.54) is 27.4 Å². The van der Waals surface area contributed by atoms with E-state index in [-0.39, 0.29) is 23.1 Å². The quantitative estimate of drug-likeness (QED) is 0.661. The fourth-order valence-corrected chi connectivity index (χ4v) is 4.53. The van der Waals surface area contributed by atoms with E-state index in [2.05, 4.69) is 5.32 Å². The van der Waals surface area contributed by atoms with Crippen LogP contribution < -0.4 is 29.7 Å². The molecule has 1 aliphatic rings. The van der Waals surface area contributed by atoms with Crippen molar-refractivity contribution in [1.29, 1.82) is 0 Å². The molecule has 3 rings (SSSR count). The molecule has 0 fully saturated rings. The van der Waals surface area contributed by atoms with Crippen LogP contribution >= 0.6 is 11.6 Å². The Morgan fingerprint density at radius 1 is 1.06 bits per heavy atom. The zero-order chi connectivity index (χ0) is 23.4. The Kier molecular flexibility index (Phi) is 7.51. The third kappa shape index (κ3) is 4.21. The average molecular weight is 462 g/mol. The number of halogens is 1. The minimum Gasteiger partial charge on any atom is -0.493 e. The van der Waals surface area contributed by atoms with Crippen molar-refractivity contribution in [3.63, 3.8) is 0 Å². The predicted molar refractivity (Wildman–Crippen MR) is 123 cm³/mol. The van der Waals surface area contributed by atoms with Crippen LogP contribution in [0.3, 0.4) is 0 Å². The number of nitrogens with one attached hydrogen (secondary N) is 1. The highest BCUT2D eigenvalue weighted by atomic mass is 35.5. The predicted octanol–water partition coefficient (Wildman–Crippen LogP) is 4.31. The van der Waals surface area contributed by atoms with E-state index in [0.29, 0.717) is 58.2 Å². The van der Waals surface area contributed by atoms with E-state index in [1.807, 2.05) is 6.92 Å². The van der Waals surface area contributed by atoms with Crippen molar-refractivity contribution < 1.29 is 23.7 Å². The zero-order valence-corrected chi connectivity index (χ0v) is 19.7. The molecule has 2 aromatic carbocycles. The molecule has 8 heteroatoms. The number of hydrogen-bond acceptors (Lipinski definition) is 6. The van der Waals surface area contributed by atoms with Crippen molar-refractivity contribution in [2.75, 3.05) is 28.4 Å². The summed E-state index contributed by atoms with van der Waals surface area (Å²) in [6.07, 6.45) is 2.20. The van der Waals surface area contributed by atoms with Crippen LogP contribution in [0.1, 0.15) is 43.4 Å². The largest absolute Gasteiger partial charge is 0.493 e. The summed E-state index contributed by atoms with van der Waals surface area (Å²) < 4.78 is 22.1. The highest BCUT2D eigenvalue weighted by molar-refractivity contribution is 6.34. The summed E-state index contributed by atoms with van der Waals surface area (Å²) in [5.74, 6) is 1.31. The number of carbonyl (C=O) groups is 1. The summed E-state index contributed by atoms with van der Waals surface area (Å²) in [5.41, 5.74) is 2.60. The SMILES string of the molecule is CCCC(=O)N[C@H]1CCc2c(Cl)c(OC)c(OC)c(OC)c2-c2ccc(OC)c(=O)cc21. The highest BCUT2D eigenvalue weighted by Gasteiger charge is 2.32. The molecule has 0 heterocycles. The summed E-state index contributed by atoms with van der Waals surface area (Å²) in [7, 11) is 6.02. The van der Waals surface area contributed by atoms with Gasteiger partial charge in [0.2, 0.25) is 17.1 Å². The first-order chi connectivity index (χ1) is 15.4. The van der Waals surface area contributed by atoms with Gasteiger partial charge in [-0.1, -0.05) is 24.6 Å². The maximum Gasteiger partial charge on any atom is 0.220 e. The molecule has 2 aromatic rings. The van der Waals surface area contributed by atoms with Gasteiger partial charge in [-0.3, -0.25) is 9.59 Å². The lowest BCUT2D eigenvalue weighted by atomic mass is 9.95. The van der Waals surface area contributed by atoms with Crippen molar-refractivity contribution in [2.45, 2.75) is 38.6 Å². The summed E-state index contributed by atoms with van der Waals surface area (Å²) >= 11 is 6.77. The van der Waals surface area contributed by atoms with Crippen LogP contribution in [0.15, 0.2) is 23.0 Å². The van der Waals surface area contributed by atoms with Gasteiger partial charge in [0.25, 0.3) is 0 Å². The van der Waals surface area contributed by atoms with Crippen LogP contribution in [0.2, 0.25) is 5.02 Å². The van der Waals surface area contributed by atoms with Gasteiger partial charge < -0.3 is 24.3 Å². The smallest absolute Gasteiger partial charge is 0.220 e. The molecular weight excluding hydrogens is 434 g/mol. The molecule has 0 bridgehead atoms. The maximum atomic E-state index is 12.8. The van der Waals surface area contributed by atoms with Crippen molar-refractivity contribution in [3.05, 3.63) is 44.6 Å². The van der Waals surface area contributed by atoms with Crippen LogP contribution in [-0.2, 0) is 11.2 Å². The van der Waals surface area contributed by atoms with Gasteiger partial charge >= 0.3 is 0 Å². The molecule has 0 aliphatic heterocycles. The van der Waals surface area contributed by atoms with E-state index in [0.717, 1.165) is 12.0 Å². The van der Waals surface area contributed by atoms with E-state index in [4.69, 9.17) is 30.5 Å². The summed E-state index contributed by atoms with van der Waals surface area (Å²) in [4.78, 5) is 25.3. The lowest BCUT2D eigenvalue weighted by Gasteiger charge is -2.21. The number of hydrogen-bond donors (Lipinski definition) is 1. The molecule has 1 atom stereocenters. The molecule has 0 unspecified atom stereocenters. The van der Waals surface area contributed by atoms with Crippen molar-refractivity contribution in [3.8, 4) is 34.1 Å². The maximum absolute atomic E-state index is 12.8. The van der Waals surface area contributed by atoms with Crippen molar-refractivity contribution >= 4 is 17.5 Å². The monoisotopic (exact) mass is 461 g/mol. The number of ether oxygens (including phenoxy) is 4. The summed E-state index contributed by atoms with van der Waals surface area (Å²) in [6, 6.07) is 4.54. The van der Waals surface area contributed by atoms with E-state index >= 15 is 0 Å². The lowest BCUT2D eigenvalue weighted by Crippen LogP contribution is -2.28. The molecule has 0 aromatic heterocycles. The number of rotatable bonds is 7. The Balaban J connectivity index is 2.39. The van der Waals surface area contributed by atoms with Gasteiger partial charge in [0.1, 0.15) is 0 Å². The molecule has 1 N–H and O–H groups in total. The Hall–Kier alpha value is -2.93. The third-order valence-corrected chi connectivity index (χ3v) is 6.02. The van der Waals surface area contributed by atoms with E-state index in [1.54, 1.807) is 19.2 Å². The van der Waals surface area contributed by atoms with Crippen LogP contribution in [0.4, 0.5) is 0 Å². The number of fused-ring (bicyclic) bond motifs is 3. The first-order valence-corrected chi connectivity index (χ1v) is 10.8. The molecule has 0 saturated heterocycles. The molecule has 32 heavy (non-hydrogen) atoms. The Morgan fingerprint density at radius 2 is 1.75 bits per heavy atom. The van der Waals surface area contributed by atoms with Gasteiger partial charge in [-0.25, -0.2) is 0 Å². The Labute approximate surface area is 192 Å². The van der Waals surface area contributed by atoms with Crippen LogP contribution in [0, 0.1) is 0 Å². The number of amides is 1. The lowest BCUT2D eigenvalue weighted by molar-refractivity contribution is -0.121. The van der Waals surface area contributed by atoms with Crippen molar-refractivity contribution in [2.24, 2.45) is 0 Å². The van der Waals surface area contributed by atoms with Crippen LogP contribution in [-0.4, -0.2) is 34.3 Å². The fraction of sp³-hybridized carbons (Fsp3) is 0.417. The highest BCUT2D eigenvalue weighted by Crippen LogP contribution is 2.54. The summed E-state index contributed by atoms with van der Waals surface area (Å²) in [5, 5.41) is 3.49. The molecule has 0 radical (unpaired) electrons. The summed E-state index contributed by atoms with van der Waals surface area (Å²) in [6.45, 7) is 1.94. The molecule has 1 aliphatic carbocycles. The Morgan fingerprint density at radius 3 is 2.34 bits per heavy atom. The average Bonchev–Trinajstić information content (AvgIpc) is 3.03. The topological polar surface area (TPSA) is 83.1 Å². The van der Waals surface area contributed by atoms with E-state index in [9.17, 15) is 9.59 Å². The Bertz CT molecular complexity index is 1090. The van der Waals surface area contributed by atoms with Gasteiger partial charge in [-0.15, -0.1) is 0 Å². The number of benzene rings is 1. The molecule has 7 nitrogen and oxygen atoms in total. The second-order valence-electron chi connectivity index (χ2n) is 7.46.